The highest BCUT2D eigenvalue weighted by Gasteiger charge is 2.15. The first kappa shape index (κ1) is 8.53. The van der Waals surface area contributed by atoms with Crippen molar-refractivity contribution in [2.24, 2.45) is 5.92 Å². The summed E-state index contributed by atoms with van der Waals surface area (Å²) in [6, 6.07) is 0. The molecular formula is C9H15N3O. The summed E-state index contributed by atoms with van der Waals surface area (Å²) < 4.78 is 0. The molecule has 0 aromatic carbocycles. The van der Waals surface area contributed by atoms with E-state index in [9.17, 15) is 4.79 Å². The molecule has 1 aliphatic carbocycles. The Morgan fingerprint density at radius 2 is 2.08 bits per heavy atom. The Morgan fingerprint density at radius 3 is 2.69 bits per heavy atom. The van der Waals surface area contributed by atoms with Gasteiger partial charge in [-0.1, -0.05) is 32.1 Å². The Bertz CT molecular complexity index is 309. The van der Waals surface area contributed by atoms with Crippen molar-refractivity contribution in [3.63, 3.8) is 0 Å². The molecule has 1 fully saturated rings. The predicted octanol–water partition coefficient (Wildman–Crippen LogP) is 1.22. The maximum Gasteiger partial charge on any atom is 0.340 e. The molecule has 2 N–H and O–H groups in total. The van der Waals surface area contributed by atoms with Gasteiger partial charge in [0.15, 0.2) is 0 Å². The van der Waals surface area contributed by atoms with Gasteiger partial charge in [0.1, 0.15) is 5.82 Å². The average Bonchev–Trinajstić information content (AvgIpc) is 2.53. The zero-order valence-electron chi connectivity index (χ0n) is 7.68. The number of nitrogens with zero attached hydrogens (tertiary/aromatic N) is 1. The van der Waals surface area contributed by atoms with E-state index < -0.39 is 0 Å². The molecule has 1 aromatic heterocycles. The number of hydrogen-bond acceptors (Lipinski definition) is 2. The third-order valence-electron chi connectivity index (χ3n) is 2.76. The van der Waals surface area contributed by atoms with Crippen molar-refractivity contribution < 1.29 is 0 Å². The van der Waals surface area contributed by atoms with Gasteiger partial charge < -0.3 is 0 Å². The average molecular weight is 181 g/mol. The molecule has 0 atom stereocenters. The minimum absolute atomic E-state index is 0.189. The summed E-state index contributed by atoms with van der Waals surface area (Å²) in [7, 11) is 0. The van der Waals surface area contributed by atoms with Crippen molar-refractivity contribution in [1.29, 1.82) is 0 Å². The maximum absolute atomic E-state index is 10.8. The first-order chi connectivity index (χ1) is 6.34. The molecule has 1 heterocycles. The third-order valence-corrected chi connectivity index (χ3v) is 2.76. The van der Waals surface area contributed by atoms with Gasteiger partial charge in [0.05, 0.1) is 0 Å². The van der Waals surface area contributed by atoms with E-state index in [0.29, 0.717) is 0 Å². The fourth-order valence-electron chi connectivity index (χ4n) is 2.07. The normalized spacial score (nSPS) is 19.1. The van der Waals surface area contributed by atoms with Gasteiger partial charge in [0, 0.05) is 6.42 Å². The second-order valence-electron chi connectivity index (χ2n) is 3.83. The van der Waals surface area contributed by atoms with E-state index in [1.54, 1.807) is 0 Å². The van der Waals surface area contributed by atoms with Crippen LogP contribution in [0.2, 0.25) is 0 Å². The van der Waals surface area contributed by atoms with Gasteiger partial charge in [-0.05, 0) is 5.92 Å². The molecule has 0 saturated heterocycles. The Morgan fingerprint density at radius 1 is 1.31 bits per heavy atom. The van der Waals surface area contributed by atoms with Crippen LogP contribution in [0.4, 0.5) is 0 Å². The summed E-state index contributed by atoms with van der Waals surface area (Å²) in [6.07, 6.45) is 7.54. The van der Waals surface area contributed by atoms with Gasteiger partial charge in [-0.25, -0.2) is 9.89 Å². The first-order valence-corrected chi connectivity index (χ1v) is 4.98. The number of nitrogens with one attached hydrogen (secondary N) is 2. The molecule has 1 aromatic rings. The lowest BCUT2D eigenvalue weighted by Crippen LogP contribution is -2.10. The lowest BCUT2D eigenvalue weighted by Gasteiger charge is -2.19. The highest BCUT2D eigenvalue weighted by molar-refractivity contribution is 4.84. The number of rotatable bonds is 2. The van der Waals surface area contributed by atoms with Gasteiger partial charge in [-0.2, -0.15) is 5.10 Å². The van der Waals surface area contributed by atoms with Gasteiger partial charge in [-0.15, -0.1) is 0 Å². The second-order valence-corrected chi connectivity index (χ2v) is 3.83. The number of H-pyrrole nitrogens is 2. The molecule has 4 heteroatoms. The largest absolute Gasteiger partial charge is 0.340 e. The van der Waals surface area contributed by atoms with Crippen LogP contribution in [0.25, 0.3) is 0 Å². The molecule has 0 unspecified atom stereocenters. The van der Waals surface area contributed by atoms with Crippen LogP contribution in [0.1, 0.15) is 37.9 Å². The van der Waals surface area contributed by atoms with E-state index >= 15 is 0 Å². The molecule has 4 nitrogen and oxygen atoms in total. The van der Waals surface area contributed by atoms with Crippen LogP contribution in [0.15, 0.2) is 4.79 Å². The Balaban J connectivity index is 1.93. The van der Waals surface area contributed by atoms with E-state index in [2.05, 4.69) is 15.2 Å². The van der Waals surface area contributed by atoms with E-state index in [-0.39, 0.29) is 5.69 Å². The minimum atomic E-state index is -0.189. The van der Waals surface area contributed by atoms with Crippen LogP contribution in [-0.4, -0.2) is 15.2 Å². The lowest BCUT2D eigenvalue weighted by atomic mass is 9.87. The van der Waals surface area contributed by atoms with Crippen molar-refractivity contribution >= 4 is 0 Å². The zero-order valence-corrected chi connectivity index (χ0v) is 7.68. The molecule has 1 saturated carbocycles. The Kier molecular flexibility index (Phi) is 2.47. The SMILES string of the molecule is O=c1[nH]nc(CC2CCCCC2)[nH]1. The number of aromatic nitrogens is 3. The topological polar surface area (TPSA) is 61.5 Å². The minimum Gasteiger partial charge on any atom is -0.293 e. The number of aromatic amines is 2. The maximum atomic E-state index is 10.8. The molecule has 1 aliphatic rings. The highest BCUT2D eigenvalue weighted by Crippen LogP contribution is 2.25. The van der Waals surface area contributed by atoms with Gasteiger partial charge >= 0.3 is 5.69 Å². The highest BCUT2D eigenvalue weighted by atomic mass is 16.1. The molecule has 0 amide bonds. The summed E-state index contributed by atoms with van der Waals surface area (Å²) in [4.78, 5) is 13.5. The number of hydrogen-bond donors (Lipinski definition) is 2. The summed E-state index contributed by atoms with van der Waals surface area (Å²) in [6.45, 7) is 0. The lowest BCUT2D eigenvalue weighted by molar-refractivity contribution is 0.352. The monoisotopic (exact) mass is 181 g/mol. The van der Waals surface area contributed by atoms with Crippen LogP contribution in [0.3, 0.4) is 0 Å². The van der Waals surface area contributed by atoms with Crippen molar-refractivity contribution in [2.45, 2.75) is 38.5 Å². The van der Waals surface area contributed by atoms with Crippen molar-refractivity contribution in [3.8, 4) is 0 Å². The first-order valence-electron chi connectivity index (χ1n) is 4.98. The summed E-state index contributed by atoms with van der Waals surface area (Å²) >= 11 is 0. The molecule has 72 valence electrons. The van der Waals surface area contributed by atoms with Crippen LogP contribution in [-0.2, 0) is 6.42 Å². The Hall–Kier alpha value is -1.06. The smallest absolute Gasteiger partial charge is 0.293 e. The van der Waals surface area contributed by atoms with Gasteiger partial charge in [-0.3, -0.25) is 4.98 Å². The fourth-order valence-corrected chi connectivity index (χ4v) is 2.07. The summed E-state index contributed by atoms with van der Waals surface area (Å²) in [5.41, 5.74) is -0.189. The van der Waals surface area contributed by atoms with E-state index in [0.717, 1.165) is 18.2 Å². The summed E-state index contributed by atoms with van der Waals surface area (Å²) in [5.74, 6) is 1.55. The van der Waals surface area contributed by atoms with Crippen LogP contribution in [0, 0.1) is 5.92 Å². The van der Waals surface area contributed by atoms with E-state index in [4.69, 9.17) is 0 Å². The molecule has 0 radical (unpaired) electrons. The van der Waals surface area contributed by atoms with Crippen LogP contribution >= 0.6 is 0 Å². The molecule has 0 bridgehead atoms. The zero-order chi connectivity index (χ0) is 9.10. The van der Waals surface area contributed by atoms with Crippen LogP contribution < -0.4 is 5.69 Å². The van der Waals surface area contributed by atoms with Crippen LogP contribution in [0.5, 0.6) is 0 Å². The molecule has 0 spiro atoms. The predicted molar refractivity (Wildman–Crippen MR) is 49.5 cm³/mol. The second kappa shape index (κ2) is 3.77. The van der Waals surface area contributed by atoms with Crippen molar-refractivity contribution in [1.82, 2.24) is 15.2 Å². The molecule has 13 heavy (non-hydrogen) atoms. The molecular weight excluding hydrogens is 166 g/mol. The van der Waals surface area contributed by atoms with Crippen molar-refractivity contribution in [3.05, 3.63) is 16.3 Å². The van der Waals surface area contributed by atoms with Crippen molar-refractivity contribution in [2.75, 3.05) is 0 Å². The Labute approximate surface area is 76.8 Å². The quantitative estimate of drug-likeness (QED) is 0.720. The fraction of sp³-hybridized carbons (Fsp3) is 0.778. The standard InChI is InChI=1S/C9H15N3O/c13-9-10-8(11-12-9)6-7-4-2-1-3-5-7/h7H,1-6H2,(H2,10,11,12,13). The van der Waals surface area contributed by atoms with E-state index in [1.807, 2.05) is 0 Å². The van der Waals surface area contributed by atoms with Gasteiger partial charge in [0.25, 0.3) is 0 Å². The molecule has 0 aliphatic heterocycles. The van der Waals surface area contributed by atoms with Gasteiger partial charge in [0.2, 0.25) is 0 Å². The van der Waals surface area contributed by atoms with E-state index in [1.165, 1.54) is 32.1 Å². The summed E-state index contributed by atoms with van der Waals surface area (Å²) in [5, 5.41) is 6.31. The molecule has 2 rings (SSSR count). The third kappa shape index (κ3) is 2.20.